The van der Waals surface area contributed by atoms with E-state index in [0.717, 1.165) is 12.0 Å². The van der Waals surface area contributed by atoms with Crippen LogP contribution in [0.4, 0.5) is 0 Å². The lowest BCUT2D eigenvalue weighted by molar-refractivity contribution is -0.112. The number of ketones is 1. The van der Waals surface area contributed by atoms with Gasteiger partial charge in [0.15, 0.2) is 5.78 Å². The molecule has 1 aliphatic heterocycles. The fraction of sp³-hybridized carbons (Fsp3) is 0.611. The minimum absolute atomic E-state index is 0.0436. The van der Waals surface area contributed by atoms with Gasteiger partial charge in [0.25, 0.3) is 0 Å². The molecule has 2 rings (SSSR count). The van der Waals surface area contributed by atoms with Gasteiger partial charge >= 0.3 is 0 Å². The Labute approximate surface area is 127 Å². The molecule has 3 heteroatoms. The number of allylic oxidation sites excluding steroid dienone is 5. The first kappa shape index (κ1) is 16.2. The van der Waals surface area contributed by atoms with Gasteiger partial charge in [0.2, 0.25) is 0 Å². The first-order valence-corrected chi connectivity index (χ1v) is 7.55. The van der Waals surface area contributed by atoms with E-state index in [1.54, 1.807) is 12.2 Å². The SMILES string of the molecule is CC(=O)/C=C/C=C(C)/C=C/[C@@]12O[C@]1(C)C[C@@H](O)CC2(C)C. The second kappa shape index (κ2) is 5.22. The first-order valence-electron chi connectivity index (χ1n) is 7.55. The lowest BCUT2D eigenvalue weighted by Gasteiger charge is -2.39. The third kappa shape index (κ3) is 2.90. The van der Waals surface area contributed by atoms with E-state index in [0.29, 0.717) is 6.42 Å². The minimum atomic E-state index is -0.293. The fourth-order valence-electron chi connectivity index (χ4n) is 3.72. The second-order valence-corrected chi connectivity index (χ2v) is 7.23. The lowest BCUT2D eigenvalue weighted by Crippen LogP contribution is -2.46. The Morgan fingerprint density at radius 1 is 1.19 bits per heavy atom. The summed E-state index contributed by atoms with van der Waals surface area (Å²) in [5.74, 6) is 0.0436. The number of ether oxygens (including phenoxy) is 1. The molecule has 1 saturated carbocycles. The molecule has 0 aromatic rings. The molecule has 116 valence electrons. The molecule has 3 nitrogen and oxygen atoms in total. The predicted molar refractivity (Wildman–Crippen MR) is 84.0 cm³/mol. The monoisotopic (exact) mass is 290 g/mol. The number of hydrogen-bond donors (Lipinski definition) is 1. The molecule has 1 heterocycles. The van der Waals surface area contributed by atoms with E-state index < -0.39 is 0 Å². The van der Waals surface area contributed by atoms with E-state index in [1.165, 1.54) is 6.92 Å². The van der Waals surface area contributed by atoms with E-state index in [9.17, 15) is 9.90 Å². The maximum absolute atomic E-state index is 10.9. The second-order valence-electron chi connectivity index (χ2n) is 7.23. The molecule has 0 aromatic carbocycles. The van der Waals surface area contributed by atoms with Gasteiger partial charge in [-0.25, -0.2) is 0 Å². The molecule has 0 aromatic heterocycles. The van der Waals surface area contributed by atoms with Crippen molar-refractivity contribution in [3.63, 3.8) is 0 Å². The summed E-state index contributed by atoms with van der Waals surface area (Å²) >= 11 is 0. The van der Waals surface area contributed by atoms with Gasteiger partial charge in [-0.05, 0) is 39.3 Å². The average Bonchev–Trinajstić information content (AvgIpc) is 2.92. The van der Waals surface area contributed by atoms with Crippen LogP contribution in [0.1, 0.15) is 47.5 Å². The van der Waals surface area contributed by atoms with Gasteiger partial charge in [0.05, 0.1) is 6.10 Å². The Kier molecular flexibility index (Phi) is 4.02. The van der Waals surface area contributed by atoms with Crippen molar-refractivity contribution in [2.24, 2.45) is 5.41 Å². The van der Waals surface area contributed by atoms with Gasteiger partial charge in [0.1, 0.15) is 11.2 Å². The van der Waals surface area contributed by atoms with E-state index in [4.69, 9.17) is 4.74 Å². The number of fused-ring (bicyclic) bond motifs is 1. The maximum atomic E-state index is 10.9. The summed E-state index contributed by atoms with van der Waals surface area (Å²) in [5.41, 5.74) is 0.422. The van der Waals surface area contributed by atoms with Gasteiger partial charge in [-0.3, -0.25) is 4.79 Å². The number of aliphatic hydroxyl groups excluding tert-OH is 1. The smallest absolute Gasteiger partial charge is 0.152 e. The summed E-state index contributed by atoms with van der Waals surface area (Å²) in [4.78, 5) is 10.9. The van der Waals surface area contributed by atoms with Crippen LogP contribution in [-0.4, -0.2) is 28.2 Å². The molecular formula is C18H26O3. The van der Waals surface area contributed by atoms with E-state index in [1.807, 2.05) is 13.0 Å². The van der Waals surface area contributed by atoms with Gasteiger partial charge < -0.3 is 9.84 Å². The molecule has 1 aliphatic carbocycles. The van der Waals surface area contributed by atoms with Crippen molar-refractivity contribution in [3.8, 4) is 0 Å². The van der Waals surface area contributed by atoms with Crippen molar-refractivity contribution >= 4 is 5.78 Å². The highest BCUT2D eigenvalue weighted by atomic mass is 16.6. The van der Waals surface area contributed by atoms with E-state index in [2.05, 4.69) is 32.9 Å². The first-order chi connectivity index (χ1) is 9.62. The van der Waals surface area contributed by atoms with Crippen LogP contribution in [0.15, 0.2) is 36.0 Å². The average molecular weight is 290 g/mol. The summed E-state index contributed by atoms with van der Waals surface area (Å²) in [6, 6.07) is 0. The van der Waals surface area contributed by atoms with Crippen molar-refractivity contribution in [1.82, 2.24) is 0 Å². The zero-order valence-electron chi connectivity index (χ0n) is 13.6. The van der Waals surface area contributed by atoms with E-state index >= 15 is 0 Å². The molecule has 0 unspecified atom stereocenters. The topological polar surface area (TPSA) is 49.8 Å². The van der Waals surface area contributed by atoms with Gasteiger partial charge in [-0.1, -0.05) is 37.6 Å². The van der Waals surface area contributed by atoms with E-state index in [-0.39, 0.29) is 28.5 Å². The predicted octanol–water partition coefficient (Wildman–Crippen LogP) is 3.34. The number of rotatable bonds is 4. The maximum Gasteiger partial charge on any atom is 0.152 e. The Morgan fingerprint density at radius 2 is 1.86 bits per heavy atom. The molecule has 2 aliphatic rings. The number of carbonyl (C=O) groups excluding carboxylic acids is 1. The molecule has 0 bridgehead atoms. The molecule has 1 saturated heterocycles. The Bertz CT molecular complexity index is 527. The highest BCUT2D eigenvalue weighted by molar-refractivity contribution is 5.87. The fourth-order valence-corrected chi connectivity index (χ4v) is 3.72. The van der Waals surface area contributed by atoms with Crippen LogP contribution in [0.2, 0.25) is 0 Å². The van der Waals surface area contributed by atoms with Crippen molar-refractivity contribution in [1.29, 1.82) is 0 Å². The number of carbonyl (C=O) groups is 1. The van der Waals surface area contributed by atoms with Crippen molar-refractivity contribution in [3.05, 3.63) is 36.0 Å². The zero-order chi connectivity index (χ0) is 15.9. The summed E-state index contributed by atoms with van der Waals surface area (Å²) in [6.45, 7) is 9.92. The molecule has 21 heavy (non-hydrogen) atoms. The number of epoxide rings is 1. The van der Waals surface area contributed by atoms with Crippen molar-refractivity contribution in [2.45, 2.75) is 64.8 Å². The van der Waals surface area contributed by atoms with Crippen LogP contribution >= 0.6 is 0 Å². The largest absolute Gasteiger partial charge is 0.393 e. The van der Waals surface area contributed by atoms with Crippen LogP contribution in [-0.2, 0) is 9.53 Å². The standard InChI is InChI=1S/C18H26O3/c1-13(7-6-8-14(2)19)9-10-18-16(3,4)11-15(20)12-17(18,5)21-18/h6-10,15,20H,11-12H2,1-5H3/b8-6+,10-9+,13-7+/t15-,17+,18-/m0/s1. The summed E-state index contributed by atoms with van der Waals surface area (Å²) in [5, 5.41) is 10.0. The summed E-state index contributed by atoms with van der Waals surface area (Å²) in [7, 11) is 0. The van der Waals surface area contributed by atoms with Gasteiger partial charge in [0, 0.05) is 11.8 Å². The summed E-state index contributed by atoms with van der Waals surface area (Å²) < 4.78 is 6.09. The minimum Gasteiger partial charge on any atom is -0.393 e. The Balaban J connectivity index is 2.15. The third-order valence-electron chi connectivity index (χ3n) is 4.78. The number of hydrogen-bond acceptors (Lipinski definition) is 3. The van der Waals surface area contributed by atoms with Crippen LogP contribution < -0.4 is 0 Å². The third-order valence-corrected chi connectivity index (χ3v) is 4.78. The molecule has 3 atom stereocenters. The quantitative estimate of drug-likeness (QED) is 0.491. The van der Waals surface area contributed by atoms with Crippen molar-refractivity contribution in [2.75, 3.05) is 0 Å². The lowest BCUT2D eigenvalue weighted by atomic mass is 9.63. The van der Waals surface area contributed by atoms with Crippen LogP contribution in [0.25, 0.3) is 0 Å². The Morgan fingerprint density at radius 3 is 2.43 bits per heavy atom. The Hall–Kier alpha value is -1.19. The number of aliphatic hydroxyl groups is 1. The highest BCUT2D eigenvalue weighted by Gasteiger charge is 2.74. The molecule has 1 N–H and O–H groups in total. The summed E-state index contributed by atoms with van der Waals surface area (Å²) in [6.07, 6.45) is 10.6. The van der Waals surface area contributed by atoms with Crippen LogP contribution in [0, 0.1) is 5.41 Å². The van der Waals surface area contributed by atoms with Crippen LogP contribution in [0.5, 0.6) is 0 Å². The van der Waals surface area contributed by atoms with Crippen LogP contribution in [0.3, 0.4) is 0 Å². The van der Waals surface area contributed by atoms with Crippen molar-refractivity contribution < 1.29 is 14.6 Å². The molecule has 0 amide bonds. The normalized spacial score (nSPS) is 38.8. The van der Waals surface area contributed by atoms with Gasteiger partial charge in [-0.2, -0.15) is 0 Å². The van der Waals surface area contributed by atoms with Gasteiger partial charge in [-0.15, -0.1) is 0 Å². The molecular weight excluding hydrogens is 264 g/mol. The zero-order valence-corrected chi connectivity index (χ0v) is 13.6. The highest BCUT2D eigenvalue weighted by Crippen LogP contribution is 2.66. The molecule has 0 spiro atoms. The molecule has 2 fully saturated rings. The molecule has 0 radical (unpaired) electrons.